The number of hydrogen-bond acceptors (Lipinski definition) is 5. The molecule has 3 rings (SSSR count). The van der Waals surface area contributed by atoms with Crippen LogP contribution in [0.15, 0.2) is 24.3 Å². The highest BCUT2D eigenvalue weighted by atomic mass is 32.1. The maximum Gasteiger partial charge on any atom is 0.266 e. The fraction of sp³-hybridized carbons (Fsp3) is 0.412. The third-order valence-corrected chi connectivity index (χ3v) is 4.86. The molecule has 0 unspecified atom stereocenters. The van der Waals surface area contributed by atoms with Crippen molar-refractivity contribution >= 4 is 17.2 Å². The van der Waals surface area contributed by atoms with Crippen molar-refractivity contribution in [3.05, 3.63) is 45.7 Å². The standard InChI is InChI=1S/C17H19FN2O3S/c1-11-9-20(7-8-22-11)17(21)16-12(2)19-15(24-16)10-23-14-5-3-13(18)4-6-14/h3-6,11H,7-10H2,1-2H3/t11-/m1/s1. The monoisotopic (exact) mass is 350 g/mol. The molecular weight excluding hydrogens is 331 g/mol. The highest BCUT2D eigenvalue weighted by Gasteiger charge is 2.25. The number of rotatable bonds is 4. The highest BCUT2D eigenvalue weighted by molar-refractivity contribution is 7.13. The summed E-state index contributed by atoms with van der Waals surface area (Å²) in [5, 5.41) is 0.724. The van der Waals surface area contributed by atoms with E-state index in [1.54, 1.807) is 17.0 Å². The second kappa shape index (κ2) is 7.27. The third-order valence-electron chi connectivity index (χ3n) is 3.74. The van der Waals surface area contributed by atoms with Crippen molar-refractivity contribution in [2.24, 2.45) is 0 Å². The summed E-state index contributed by atoms with van der Waals surface area (Å²) < 4.78 is 23.9. The van der Waals surface area contributed by atoms with E-state index in [9.17, 15) is 9.18 Å². The maximum atomic E-state index is 12.9. The van der Waals surface area contributed by atoms with E-state index in [1.165, 1.54) is 23.5 Å². The number of aromatic nitrogens is 1. The number of carbonyl (C=O) groups is 1. The van der Waals surface area contributed by atoms with Crippen molar-refractivity contribution < 1.29 is 18.7 Å². The molecule has 0 aliphatic carbocycles. The van der Waals surface area contributed by atoms with Gasteiger partial charge in [-0.15, -0.1) is 11.3 Å². The number of halogens is 1. The normalized spacial score (nSPS) is 17.8. The van der Waals surface area contributed by atoms with Gasteiger partial charge in [0, 0.05) is 13.1 Å². The van der Waals surface area contributed by atoms with Gasteiger partial charge in [0.2, 0.25) is 0 Å². The molecule has 0 N–H and O–H groups in total. The van der Waals surface area contributed by atoms with E-state index in [2.05, 4.69) is 4.98 Å². The Bertz CT molecular complexity index is 717. The zero-order chi connectivity index (χ0) is 17.1. The van der Waals surface area contributed by atoms with Gasteiger partial charge in [-0.3, -0.25) is 4.79 Å². The minimum Gasteiger partial charge on any atom is -0.486 e. The molecule has 1 aromatic carbocycles. The predicted octanol–water partition coefficient (Wildman–Crippen LogP) is 3.03. The van der Waals surface area contributed by atoms with Gasteiger partial charge in [0.05, 0.1) is 18.4 Å². The van der Waals surface area contributed by atoms with Crippen LogP contribution >= 0.6 is 11.3 Å². The fourth-order valence-corrected chi connectivity index (χ4v) is 3.48. The summed E-state index contributed by atoms with van der Waals surface area (Å²) in [5.41, 5.74) is 0.710. The quantitative estimate of drug-likeness (QED) is 0.850. The smallest absolute Gasteiger partial charge is 0.266 e. The second-order valence-electron chi connectivity index (χ2n) is 5.70. The molecule has 0 bridgehead atoms. The molecule has 0 spiro atoms. The molecule has 0 saturated carbocycles. The third kappa shape index (κ3) is 3.91. The van der Waals surface area contributed by atoms with E-state index in [4.69, 9.17) is 9.47 Å². The van der Waals surface area contributed by atoms with Crippen LogP contribution in [-0.2, 0) is 11.3 Å². The van der Waals surface area contributed by atoms with E-state index in [0.29, 0.717) is 36.0 Å². The predicted molar refractivity (Wildman–Crippen MR) is 88.9 cm³/mol. The van der Waals surface area contributed by atoms with E-state index in [-0.39, 0.29) is 24.4 Å². The van der Waals surface area contributed by atoms with Gasteiger partial charge >= 0.3 is 0 Å². The molecular formula is C17H19FN2O3S. The average molecular weight is 350 g/mol. The van der Waals surface area contributed by atoms with Crippen molar-refractivity contribution in [1.82, 2.24) is 9.88 Å². The Morgan fingerprint density at radius 2 is 2.21 bits per heavy atom. The Morgan fingerprint density at radius 3 is 2.92 bits per heavy atom. The van der Waals surface area contributed by atoms with Gasteiger partial charge in [-0.2, -0.15) is 0 Å². The fourth-order valence-electron chi connectivity index (χ4n) is 2.53. The minimum absolute atomic E-state index is 0.00631. The van der Waals surface area contributed by atoms with Crippen LogP contribution in [0.2, 0.25) is 0 Å². The molecule has 0 radical (unpaired) electrons. The molecule has 24 heavy (non-hydrogen) atoms. The van der Waals surface area contributed by atoms with Crippen molar-refractivity contribution in [2.75, 3.05) is 19.7 Å². The number of thiazole rings is 1. The van der Waals surface area contributed by atoms with E-state index in [1.807, 2.05) is 13.8 Å². The van der Waals surface area contributed by atoms with Crippen LogP contribution in [0.25, 0.3) is 0 Å². The molecule has 7 heteroatoms. The summed E-state index contributed by atoms with van der Waals surface area (Å²) in [6.07, 6.45) is 0.0530. The Balaban J connectivity index is 1.66. The van der Waals surface area contributed by atoms with E-state index in [0.717, 1.165) is 5.01 Å². The number of aryl methyl sites for hydroxylation is 1. The van der Waals surface area contributed by atoms with Crippen molar-refractivity contribution in [3.8, 4) is 5.75 Å². The van der Waals surface area contributed by atoms with Gasteiger partial charge in [0.1, 0.15) is 28.1 Å². The molecule has 2 aromatic rings. The first-order valence-corrected chi connectivity index (χ1v) is 8.60. The largest absolute Gasteiger partial charge is 0.486 e. The van der Waals surface area contributed by atoms with Gasteiger partial charge in [-0.1, -0.05) is 0 Å². The summed E-state index contributed by atoms with van der Waals surface area (Å²) in [4.78, 5) is 19.5. The lowest BCUT2D eigenvalue weighted by Crippen LogP contribution is -2.44. The molecule has 2 heterocycles. The minimum atomic E-state index is -0.305. The second-order valence-corrected chi connectivity index (χ2v) is 6.78. The van der Waals surface area contributed by atoms with Crippen molar-refractivity contribution in [1.29, 1.82) is 0 Å². The summed E-state index contributed by atoms with van der Waals surface area (Å²) >= 11 is 1.34. The molecule has 1 aliphatic heterocycles. The number of hydrogen-bond donors (Lipinski definition) is 0. The molecule has 1 aliphatic rings. The zero-order valence-corrected chi connectivity index (χ0v) is 14.4. The average Bonchev–Trinajstić information content (AvgIpc) is 2.94. The Kier molecular flexibility index (Phi) is 5.11. The Hall–Kier alpha value is -1.99. The topological polar surface area (TPSA) is 51.7 Å². The van der Waals surface area contributed by atoms with Gasteiger partial charge in [0.15, 0.2) is 0 Å². The summed E-state index contributed by atoms with van der Waals surface area (Å²) in [7, 11) is 0. The number of morpholine rings is 1. The molecule has 1 aromatic heterocycles. The molecule has 128 valence electrons. The van der Waals surface area contributed by atoms with Crippen LogP contribution in [0, 0.1) is 12.7 Å². The maximum absolute atomic E-state index is 12.9. The highest BCUT2D eigenvalue weighted by Crippen LogP contribution is 2.23. The van der Waals surface area contributed by atoms with Gasteiger partial charge in [0.25, 0.3) is 5.91 Å². The van der Waals surface area contributed by atoms with Crippen LogP contribution in [-0.4, -0.2) is 41.6 Å². The van der Waals surface area contributed by atoms with Gasteiger partial charge < -0.3 is 14.4 Å². The first-order valence-electron chi connectivity index (χ1n) is 7.78. The molecule has 1 saturated heterocycles. The van der Waals surface area contributed by atoms with Crippen LogP contribution in [0.1, 0.15) is 27.3 Å². The first kappa shape index (κ1) is 16.9. The Labute approximate surface area is 144 Å². The first-order chi connectivity index (χ1) is 11.5. The van der Waals surface area contributed by atoms with E-state index < -0.39 is 0 Å². The van der Waals surface area contributed by atoms with E-state index >= 15 is 0 Å². The Morgan fingerprint density at radius 1 is 1.46 bits per heavy atom. The molecule has 1 atom stereocenters. The van der Waals surface area contributed by atoms with Crippen LogP contribution in [0.4, 0.5) is 4.39 Å². The summed E-state index contributed by atoms with van der Waals surface area (Å²) in [5.74, 6) is 0.257. The van der Waals surface area contributed by atoms with Crippen molar-refractivity contribution in [2.45, 2.75) is 26.6 Å². The number of nitrogens with zero attached hydrogens (tertiary/aromatic N) is 2. The molecule has 1 amide bonds. The lowest BCUT2D eigenvalue weighted by Gasteiger charge is -2.30. The van der Waals surface area contributed by atoms with Gasteiger partial charge in [-0.25, -0.2) is 9.37 Å². The molecule has 5 nitrogen and oxygen atoms in total. The van der Waals surface area contributed by atoms with Crippen molar-refractivity contribution in [3.63, 3.8) is 0 Å². The lowest BCUT2D eigenvalue weighted by molar-refractivity contribution is -0.0122. The van der Waals surface area contributed by atoms with Crippen LogP contribution in [0.3, 0.4) is 0 Å². The van der Waals surface area contributed by atoms with Gasteiger partial charge in [-0.05, 0) is 38.1 Å². The number of ether oxygens (including phenoxy) is 2. The van der Waals surface area contributed by atoms with Crippen LogP contribution in [0.5, 0.6) is 5.75 Å². The summed E-state index contributed by atoms with van der Waals surface area (Å²) in [6, 6.07) is 5.82. The number of carbonyl (C=O) groups excluding carboxylic acids is 1. The number of amides is 1. The van der Waals surface area contributed by atoms with Crippen LogP contribution < -0.4 is 4.74 Å². The summed E-state index contributed by atoms with van der Waals surface area (Å²) in [6.45, 7) is 5.80. The SMILES string of the molecule is Cc1nc(COc2ccc(F)cc2)sc1C(=O)N1CCO[C@H](C)C1. The molecule has 1 fully saturated rings. The number of benzene rings is 1. The lowest BCUT2D eigenvalue weighted by atomic mass is 10.2. The zero-order valence-electron chi connectivity index (χ0n) is 13.6.